The Morgan fingerprint density at radius 1 is 0.404 bits per heavy atom. The molecule has 0 saturated heterocycles. The van der Waals surface area contributed by atoms with Gasteiger partial charge in [-0.1, -0.05) is 175 Å². The van der Waals surface area contributed by atoms with E-state index in [1.807, 2.05) is 24.3 Å². The minimum Gasteiger partial charge on any atom is -1.00 e. The van der Waals surface area contributed by atoms with E-state index in [-0.39, 0.29) is 37.1 Å². The zero-order valence-electron chi connectivity index (χ0n) is 35.7. The molecule has 0 aromatic rings. The van der Waals surface area contributed by atoms with Gasteiger partial charge in [0.25, 0.3) is 0 Å². The molecule has 0 rings (SSSR count). The van der Waals surface area contributed by atoms with Crippen molar-refractivity contribution >= 4 is 47.8 Å². The third kappa shape index (κ3) is 60.6. The predicted octanol–water partition coefficient (Wildman–Crippen LogP) is 14.2. The van der Waals surface area contributed by atoms with E-state index < -0.39 is 0 Å². The first kappa shape index (κ1) is 60.0. The van der Waals surface area contributed by atoms with E-state index in [1.165, 1.54) is 180 Å². The van der Waals surface area contributed by atoms with Gasteiger partial charge in [-0.05, 0) is 103 Å². The van der Waals surface area contributed by atoms with E-state index in [4.69, 9.17) is 4.74 Å². The van der Waals surface area contributed by atoms with Crippen LogP contribution in [0.4, 0.5) is 0 Å². The maximum Gasteiger partial charge on any atom is 1.00 e. The van der Waals surface area contributed by atoms with Gasteiger partial charge in [-0.3, -0.25) is 0 Å². The predicted molar refractivity (Wildman–Crippen MR) is 247 cm³/mol. The summed E-state index contributed by atoms with van der Waals surface area (Å²) < 4.78 is 6.19. The number of hydrogen-bond donors (Lipinski definition) is 1. The van der Waals surface area contributed by atoms with Crippen LogP contribution in [-0.2, 0) is 4.74 Å². The van der Waals surface area contributed by atoms with Gasteiger partial charge in [0, 0.05) is 22.6 Å². The summed E-state index contributed by atoms with van der Waals surface area (Å²) in [5.41, 5.74) is 0. The van der Waals surface area contributed by atoms with Gasteiger partial charge in [-0.25, -0.2) is 0 Å². The van der Waals surface area contributed by atoms with Crippen molar-refractivity contribution in [3.05, 3.63) is 50.6 Å². The molecule has 2 nitrogen and oxygen atoms in total. The molecule has 52 heavy (non-hydrogen) atoms. The molecule has 0 unspecified atom stereocenters. The van der Waals surface area contributed by atoms with Gasteiger partial charge in [-0.2, -0.15) is 0 Å². The molecule has 0 saturated carbocycles. The van der Waals surface area contributed by atoms with E-state index in [1.54, 1.807) is 0 Å². The fourth-order valence-corrected chi connectivity index (χ4v) is 7.06. The van der Waals surface area contributed by atoms with Gasteiger partial charge in [0.15, 0.2) is 0 Å². The molecule has 0 aliphatic rings. The normalized spacial score (nSPS) is 10.6. The Kier molecular flexibility index (Phi) is 68.1. The number of alkyl halides is 3. The second kappa shape index (κ2) is 59.0. The Bertz CT molecular complexity index is 623. The molecular weight excluding hydrogens is 847 g/mol. The molecule has 1 N–H and O–H groups in total. The van der Waals surface area contributed by atoms with Crippen LogP contribution in [0.15, 0.2) is 50.6 Å². The molecule has 0 fully saturated rings. The maximum atomic E-state index is 9.90. The number of halogens is 3. The van der Waals surface area contributed by atoms with E-state index in [9.17, 15) is 5.11 Å². The monoisotopic (exact) mass is 932 g/mol. The minimum absolute atomic E-state index is 0. The van der Waals surface area contributed by atoms with Gasteiger partial charge in [0.2, 0.25) is 0 Å². The van der Waals surface area contributed by atoms with Crippen molar-refractivity contribution in [2.24, 2.45) is 0 Å². The Morgan fingerprint density at radius 3 is 0.981 bits per heavy atom. The molecule has 0 aromatic carbocycles. The quantitative estimate of drug-likeness (QED) is 0.0287. The van der Waals surface area contributed by atoms with Crippen LogP contribution in [0.5, 0.6) is 0 Å². The Hall–Kier alpha value is 1.32. The summed E-state index contributed by atoms with van der Waals surface area (Å²) in [5.74, 6) is 0. The summed E-state index contributed by atoms with van der Waals surface area (Å²) in [6.07, 6.45) is 48.8. The second-order valence-corrected chi connectivity index (χ2v) is 16.5. The summed E-state index contributed by atoms with van der Waals surface area (Å²) in [5, 5.41) is 13.3. The summed E-state index contributed by atoms with van der Waals surface area (Å²) in [7, 11) is 0. The van der Waals surface area contributed by atoms with Crippen molar-refractivity contribution in [2.75, 3.05) is 22.6 Å². The smallest absolute Gasteiger partial charge is 1.00 e. The average Bonchev–Trinajstić information content (AvgIpc) is 3.14. The van der Waals surface area contributed by atoms with Gasteiger partial charge in [0.05, 0.1) is 12.2 Å². The number of allylic oxidation sites excluding steroid dienone is 4. The zero-order valence-corrected chi connectivity index (χ0v) is 41.5. The van der Waals surface area contributed by atoms with E-state index in [0.29, 0.717) is 6.10 Å². The van der Waals surface area contributed by atoms with E-state index in [2.05, 4.69) is 74.1 Å². The maximum absolute atomic E-state index is 9.90. The molecule has 0 bridgehead atoms. The van der Waals surface area contributed by atoms with Crippen molar-refractivity contribution in [3.63, 3.8) is 0 Å². The fourth-order valence-electron chi connectivity index (χ4n) is 5.87. The molecule has 6 heteroatoms. The van der Waals surface area contributed by atoms with E-state index in [0.717, 1.165) is 48.3 Å². The second-order valence-electron chi connectivity index (χ2n) is 14.2. The average molecular weight is 936 g/mol. The van der Waals surface area contributed by atoms with Crippen LogP contribution in [-0.4, -0.2) is 39.9 Å². The molecule has 0 aliphatic heterocycles. The number of aliphatic hydroxyl groups is 1. The summed E-state index contributed by atoms with van der Waals surface area (Å²) in [6.45, 7) is 16.0. The number of rotatable bonds is 40. The number of aliphatic hydroxyl groups excluding tert-OH is 1. The molecule has 0 aliphatic carbocycles. The van der Waals surface area contributed by atoms with Crippen molar-refractivity contribution in [1.82, 2.24) is 0 Å². The topological polar surface area (TPSA) is 29.5 Å². The van der Waals surface area contributed by atoms with Crippen LogP contribution in [0, 0.1) is 0 Å². The van der Waals surface area contributed by atoms with Crippen LogP contribution in [0.1, 0.15) is 207 Å². The molecule has 0 amide bonds. The fraction of sp³-hybridized carbons (Fsp3) is 0.826. The van der Waals surface area contributed by atoms with Gasteiger partial charge in [0.1, 0.15) is 0 Å². The molecule has 0 radical (unpaired) electrons. The number of ether oxygens (including phenoxy) is 1. The molecule has 0 atom stereocenters. The van der Waals surface area contributed by atoms with Crippen molar-refractivity contribution in [3.8, 4) is 0 Å². The third-order valence-electron chi connectivity index (χ3n) is 9.16. The van der Waals surface area contributed by atoms with Crippen LogP contribution in [0.2, 0.25) is 0 Å². The minimum atomic E-state index is -0.0589. The number of unbranched alkanes of at least 4 members (excludes halogenated alkanes) is 22. The van der Waals surface area contributed by atoms with Gasteiger partial charge < -0.3 is 11.3 Å². The molecule has 306 valence electrons. The van der Waals surface area contributed by atoms with Crippen molar-refractivity contribution in [2.45, 2.75) is 218 Å². The first-order valence-corrected chi connectivity index (χ1v) is 24.8. The summed E-state index contributed by atoms with van der Waals surface area (Å²) in [4.78, 5) is 0. The SMILES string of the molecule is BrCCCCBr.C=CCCCCCCCC(CCCCCCCC=C)OCCCCBr.C=CCCCCCCCC(O)CCCCCCCC=C.[H-].[Na+]. The molecule has 0 aromatic heterocycles. The Labute approximate surface area is 376 Å². The Morgan fingerprint density at radius 2 is 0.673 bits per heavy atom. The molecule has 0 spiro atoms. The van der Waals surface area contributed by atoms with E-state index >= 15 is 0 Å². The number of hydrogen-bond acceptors (Lipinski definition) is 2. The zero-order chi connectivity index (χ0) is 38.1. The van der Waals surface area contributed by atoms with Crippen molar-refractivity contribution in [1.29, 1.82) is 0 Å². The van der Waals surface area contributed by atoms with Gasteiger partial charge in [-0.15, -0.1) is 26.3 Å². The van der Waals surface area contributed by atoms with Crippen LogP contribution < -0.4 is 29.6 Å². The standard InChI is InChI=1S/C23H43BrO.C19H36O.C4H8Br2.Na.H/c1-3-5-7-9-11-13-15-19-23(25-22-18-17-21-24)20-16-14-12-10-8-6-4-2;1-3-5-7-9-11-13-15-17-19(20)18-16-14-12-10-8-6-4-2;5-3-1-2-4-6;;/h3-4,23H,1-2,5-22H2;3-4,19-20H,1-2,5-18H2;1-4H2;;/q;;;+1;-1. The van der Waals surface area contributed by atoms with Gasteiger partial charge >= 0.3 is 29.6 Å². The Balaban J connectivity index is -0.000000246. The first-order valence-electron chi connectivity index (χ1n) is 21.5. The first-order chi connectivity index (χ1) is 25.1. The van der Waals surface area contributed by atoms with Crippen LogP contribution >= 0.6 is 47.8 Å². The molecular formula is C46H88Br3NaO2. The summed E-state index contributed by atoms with van der Waals surface area (Å²) >= 11 is 10.2. The summed E-state index contributed by atoms with van der Waals surface area (Å²) in [6, 6.07) is 0. The van der Waals surface area contributed by atoms with Crippen LogP contribution in [0.3, 0.4) is 0 Å². The van der Waals surface area contributed by atoms with Crippen LogP contribution in [0.25, 0.3) is 0 Å². The van der Waals surface area contributed by atoms with Crippen molar-refractivity contribution < 1.29 is 40.8 Å². The largest absolute Gasteiger partial charge is 1.00 e. The third-order valence-corrected chi connectivity index (χ3v) is 10.8. The molecule has 0 heterocycles.